The highest BCUT2D eigenvalue weighted by molar-refractivity contribution is 7.16. The largest absolute Gasteiger partial charge is 0.353 e. The third-order valence-corrected chi connectivity index (χ3v) is 6.40. The number of rotatable bonds is 1. The van der Waals surface area contributed by atoms with Gasteiger partial charge in [0.2, 0.25) is 0 Å². The lowest BCUT2D eigenvalue weighted by Crippen LogP contribution is -3.08. The number of thiophene rings is 1. The number of carbonyl (C=O) groups is 1. The Hall–Kier alpha value is -2.37. The zero-order chi connectivity index (χ0) is 17.0. The van der Waals surface area contributed by atoms with Crippen LogP contribution in [0.2, 0.25) is 0 Å². The maximum absolute atomic E-state index is 12.8. The van der Waals surface area contributed by atoms with Gasteiger partial charge in [0.15, 0.2) is 0 Å². The number of hydrogen-bond donors (Lipinski definition) is 3. The second-order valence-electron chi connectivity index (χ2n) is 7.00. The van der Waals surface area contributed by atoms with Crippen molar-refractivity contribution in [2.75, 3.05) is 18.9 Å². The Balaban J connectivity index is 1.52. The fraction of sp³-hybridized carbons (Fsp3) is 0.250. The number of quaternary nitrogens is 1. The van der Waals surface area contributed by atoms with E-state index in [1.807, 2.05) is 12.1 Å². The molecule has 0 saturated carbocycles. The van der Waals surface area contributed by atoms with Crippen molar-refractivity contribution in [1.82, 2.24) is 5.32 Å². The van der Waals surface area contributed by atoms with Gasteiger partial charge in [-0.1, -0.05) is 36.4 Å². The van der Waals surface area contributed by atoms with Gasteiger partial charge in [-0.2, -0.15) is 0 Å². The van der Waals surface area contributed by atoms with Gasteiger partial charge in [0.1, 0.15) is 17.7 Å². The molecule has 0 spiro atoms. The molecule has 3 N–H and O–H groups in total. The number of hydrogen-bond acceptors (Lipinski definition) is 3. The molecule has 1 aromatic heterocycles. The molecule has 126 valence electrons. The monoisotopic (exact) mass is 350 g/mol. The Morgan fingerprint density at radius 2 is 1.96 bits per heavy atom. The molecule has 25 heavy (non-hydrogen) atoms. The first-order chi connectivity index (χ1) is 12.2. The SMILES string of the molecule is C[NH+]1CCc2c(sc3c2C(=O)N[C@H](c2ccc4ccccc4c2)N3)C1. The van der Waals surface area contributed by atoms with Gasteiger partial charge in [-0.25, -0.2) is 0 Å². The van der Waals surface area contributed by atoms with Crippen LogP contribution in [0.3, 0.4) is 0 Å². The van der Waals surface area contributed by atoms with E-state index in [9.17, 15) is 4.79 Å². The van der Waals surface area contributed by atoms with E-state index in [1.54, 1.807) is 11.3 Å². The molecular formula is C20H20N3OS+. The zero-order valence-electron chi connectivity index (χ0n) is 14.1. The summed E-state index contributed by atoms with van der Waals surface area (Å²) in [7, 11) is 2.22. The molecule has 2 aliphatic rings. The van der Waals surface area contributed by atoms with Crippen LogP contribution >= 0.6 is 11.3 Å². The van der Waals surface area contributed by atoms with Crippen LogP contribution in [0.5, 0.6) is 0 Å². The van der Waals surface area contributed by atoms with Crippen LogP contribution in [-0.4, -0.2) is 19.5 Å². The van der Waals surface area contributed by atoms with Gasteiger partial charge in [0.05, 0.1) is 24.0 Å². The van der Waals surface area contributed by atoms with Crippen molar-refractivity contribution in [2.24, 2.45) is 0 Å². The molecule has 0 bridgehead atoms. The van der Waals surface area contributed by atoms with Crippen LogP contribution in [0.25, 0.3) is 10.8 Å². The normalized spacial score (nSPS) is 22.0. The standard InChI is InChI=1S/C20H19N3OS/c1-23-9-8-15-16(11-23)25-20-17(15)19(24)21-18(22-20)14-7-6-12-4-2-3-5-13(12)10-14/h2-7,10,18,22H,8-9,11H2,1H3,(H,21,24)/p+1/t18-/m0/s1. The molecule has 5 rings (SSSR count). The number of anilines is 1. The summed E-state index contributed by atoms with van der Waals surface area (Å²) in [6.45, 7) is 2.11. The molecule has 0 radical (unpaired) electrons. The van der Waals surface area contributed by atoms with Gasteiger partial charge in [-0.15, -0.1) is 11.3 Å². The topological polar surface area (TPSA) is 45.6 Å². The van der Waals surface area contributed by atoms with Crippen LogP contribution in [-0.2, 0) is 13.0 Å². The van der Waals surface area contributed by atoms with Crippen molar-refractivity contribution >= 4 is 33.0 Å². The van der Waals surface area contributed by atoms with E-state index < -0.39 is 0 Å². The Labute approximate surface area is 150 Å². The highest BCUT2D eigenvalue weighted by atomic mass is 32.1. The summed E-state index contributed by atoms with van der Waals surface area (Å²) in [5, 5.41) is 10.1. The first kappa shape index (κ1) is 14.9. The van der Waals surface area contributed by atoms with Gasteiger partial charge in [-0.3, -0.25) is 4.79 Å². The van der Waals surface area contributed by atoms with Gasteiger partial charge in [0.25, 0.3) is 5.91 Å². The van der Waals surface area contributed by atoms with Crippen molar-refractivity contribution in [3.8, 4) is 0 Å². The highest BCUT2D eigenvalue weighted by Crippen LogP contribution is 2.39. The molecule has 2 aliphatic heterocycles. The predicted octanol–water partition coefficient (Wildman–Crippen LogP) is 2.33. The molecule has 3 aromatic rings. The maximum atomic E-state index is 12.8. The fourth-order valence-electron chi connectivity index (χ4n) is 3.89. The summed E-state index contributed by atoms with van der Waals surface area (Å²) >= 11 is 1.75. The minimum atomic E-state index is -0.171. The van der Waals surface area contributed by atoms with E-state index in [1.165, 1.54) is 26.1 Å². The first-order valence-electron chi connectivity index (χ1n) is 8.71. The van der Waals surface area contributed by atoms with E-state index in [4.69, 9.17) is 0 Å². The summed E-state index contributed by atoms with van der Waals surface area (Å²) in [5.74, 6) is 0.0592. The number of nitrogens with one attached hydrogen (secondary N) is 3. The van der Waals surface area contributed by atoms with Crippen molar-refractivity contribution in [1.29, 1.82) is 0 Å². The first-order valence-corrected chi connectivity index (χ1v) is 9.52. The molecular weight excluding hydrogens is 330 g/mol. The zero-order valence-corrected chi connectivity index (χ0v) is 14.9. The van der Waals surface area contributed by atoms with Crippen molar-refractivity contribution in [3.05, 3.63) is 64.0 Å². The van der Waals surface area contributed by atoms with E-state index >= 15 is 0 Å². The number of benzene rings is 2. The molecule has 4 nitrogen and oxygen atoms in total. The van der Waals surface area contributed by atoms with Crippen molar-refractivity contribution < 1.29 is 9.69 Å². The smallest absolute Gasteiger partial charge is 0.256 e. The number of amides is 1. The van der Waals surface area contributed by atoms with Crippen LogP contribution in [0.1, 0.15) is 32.5 Å². The lowest BCUT2D eigenvalue weighted by Gasteiger charge is -2.27. The van der Waals surface area contributed by atoms with Gasteiger partial charge in [-0.05, 0) is 28.0 Å². The molecule has 2 atom stereocenters. The van der Waals surface area contributed by atoms with Crippen LogP contribution in [0, 0.1) is 0 Å². The lowest BCUT2D eigenvalue weighted by atomic mass is 10.00. The highest BCUT2D eigenvalue weighted by Gasteiger charge is 2.33. The number of carbonyl (C=O) groups excluding carboxylic acids is 1. The Morgan fingerprint density at radius 1 is 1.12 bits per heavy atom. The molecule has 0 saturated heterocycles. The Morgan fingerprint density at radius 3 is 2.84 bits per heavy atom. The molecule has 0 fully saturated rings. The number of fused-ring (bicyclic) bond motifs is 4. The predicted molar refractivity (Wildman–Crippen MR) is 101 cm³/mol. The molecule has 5 heteroatoms. The second-order valence-corrected chi connectivity index (χ2v) is 8.10. The molecule has 2 aromatic carbocycles. The van der Waals surface area contributed by atoms with Crippen LogP contribution < -0.4 is 15.5 Å². The molecule has 3 heterocycles. The fourth-order valence-corrected chi connectivity index (χ4v) is 5.27. The van der Waals surface area contributed by atoms with Crippen LogP contribution in [0.4, 0.5) is 5.00 Å². The van der Waals surface area contributed by atoms with E-state index in [2.05, 4.69) is 48.0 Å². The maximum Gasteiger partial charge on any atom is 0.256 e. The van der Waals surface area contributed by atoms with Gasteiger partial charge < -0.3 is 15.5 Å². The molecule has 0 aliphatic carbocycles. The van der Waals surface area contributed by atoms with Gasteiger partial charge >= 0.3 is 0 Å². The Bertz CT molecular complexity index is 994. The average Bonchev–Trinajstić information content (AvgIpc) is 2.99. The molecule has 1 amide bonds. The molecule has 1 unspecified atom stereocenters. The summed E-state index contributed by atoms with van der Waals surface area (Å²) in [5.41, 5.74) is 3.23. The minimum absolute atomic E-state index is 0.0592. The van der Waals surface area contributed by atoms with Crippen molar-refractivity contribution in [2.45, 2.75) is 19.1 Å². The van der Waals surface area contributed by atoms with E-state index in [0.717, 1.165) is 35.6 Å². The summed E-state index contributed by atoms with van der Waals surface area (Å²) < 4.78 is 0. The second kappa shape index (κ2) is 5.58. The van der Waals surface area contributed by atoms with Crippen molar-refractivity contribution in [3.63, 3.8) is 0 Å². The summed E-state index contributed by atoms with van der Waals surface area (Å²) in [4.78, 5) is 15.7. The van der Waals surface area contributed by atoms with E-state index in [-0.39, 0.29) is 12.1 Å². The van der Waals surface area contributed by atoms with Crippen LogP contribution in [0.15, 0.2) is 42.5 Å². The summed E-state index contributed by atoms with van der Waals surface area (Å²) in [6.07, 6.45) is 0.817. The van der Waals surface area contributed by atoms with E-state index in [0.29, 0.717) is 0 Å². The Kier molecular flexibility index (Phi) is 3.33. The number of likely N-dealkylation sites (N-methyl/N-ethyl adjacent to an activating group) is 1. The quantitative estimate of drug-likeness (QED) is 0.631. The average molecular weight is 350 g/mol. The van der Waals surface area contributed by atoms with Gasteiger partial charge in [0, 0.05) is 6.42 Å². The third kappa shape index (κ3) is 2.42. The lowest BCUT2D eigenvalue weighted by molar-refractivity contribution is -0.895. The minimum Gasteiger partial charge on any atom is -0.353 e. The third-order valence-electron chi connectivity index (χ3n) is 5.24. The summed E-state index contributed by atoms with van der Waals surface area (Å²) in [6, 6.07) is 14.7.